The van der Waals surface area contributed by atoms with Gasteiger partial charge in [-0.1, -0.05) is 37.3 Å². The number of benzene rings is 1. The Morgan fingerprint density at radius 2 is 2.00 bits per heavy atom. The van der Waals surface area contributed by atoms with Gasteiger partial charge in [-0.15, -0.1) is 0 Å². The van der Waals surface area contributed by atoms with Gasteiger partial charge in [0.25, 0.3) is 0 Å². The minimum atomic E-state index is 0.909. The topological polar surface area (TPSA) is 50.2 Å². The fraction of sp³-hybridized carbons (Fsp3) is 0.250. The fourth-order valence-corrected chi connectivity index (χ4v) is 2.31. The maximum Gasteiger partial charge on any atom is 0.0822 e. The van der Waals surface area contributed by atoms with Crippen LogP contribution in [0.1, 0.15) is 38.3 Å². The number of para-hydroxylation sites is 1. The lowest BCUT2D eigenvalue weighted by atomic mass is 10.1. The Bertz CT molecular complexity index is 758. The maximum atomic E-state index is 4.79. The molecule has 0 aliphatic rings. The number of nitrogens with one attached hydrogen (secondary N) is 1. The van der Waals surface area contributed by atoms with Crippen molar-refractivity contribution in [3.8, 4) is 0 Å². The molecule has 0 aliphatic carbocycles. The van der Waals surface area contributed by atoms with Crippen molar-refractivity contribution in [3.05, 3.63) is 77.4 Å². The molecule has 0 aliphatic heterocycles. The van der Waals surface area contributed by atoms with E-state index in [1.807, 2.05) is 38.1 Å². The first-order valence-corrected chi connectivity index (χ1v) is 8.17. The first-order chi connectivity index (χ1) is 11.7. The number of aliphatic imine (C=N–C) groups is 1. The second-order valence-electron chi connectivity index (χ2n) is 5.47. The largest absolute Gasteiger partial charge is 0.354 e. The van der Waals surface area contributed by atoms with Crippen molar-refractivity contribution in [3.63, 3.8) is 0 Å². The first-order valence-electron chi connectivity index (χ1n) is 8.17. The standard InChI is InChI=1S/C20H24N4/c1-5-9-20(24-19-11-8-7-10-15(19)3)18(6-2)23-16(4)17-12-13-21-22-14-17/h6-14,24H,5H2,1-4H3/b18-6-,20-9-,23-16+. The highest BCUT2D eigenvalue weighted by Gasteiger charge is 2.07. The van der Waals surface area contributed by atoms with Crippen molar-refractivity contribution < 1.29 is 0 Å². The summed E-state index contributed by atoms with van der Waals surface area (Å²) in [5.74, 6) is 0. The molecule has 0 fully saturated rings. The predicted octanol–water partition coefficient (Wildman–Crippen LogP) is 4.90. The lowest BCUT2D eigenvalue weighted by molar-refractivity contribution is 1.03. The fourth-order valence-electron chi connectivity index (χ4n) is 2.31. The van der Waals surface area contributed by atoms with E-state index < -0.39 is 0 Å². The Balaban J connectivity index is 2.32. The minimum absolute atomic E-state index is 0.909. The van der Waals surface area contributed by atoms with E-state index in [1.165, 1.54) is 5.56 Å². The highest BCUT2D eigenvalue weighted by Crippen LogP contribution is 2.21. The third kappa shape index (κ3) is 4.62. The summed E-state index contributed by atoms with van der Waals surface area (Å²) in [5.41, 5.74) is 6.09. The summed E-state index contributed by atoms with van der Waals surface area (Å²) in [6, 6.07) is 10.2. The smallest absolute Gasteiger partial charge is 0.0822 e. The van der Waals surface area contributed by atoms with Gasteiger partial charge in [-0.05, 0) is 44.9 Å². The van der Waals surface area contributed by atoms with Crippen molar-refractivity contribution in [1.82, 2.24) is 10.2 Å². The van der Waals surface area contributed by atoms with Crippen LogP contribution >= 0.6 is 0 Å². The van der Waals surface area contributed by atoms with E-state index in [2.05, 4.69) is 47.6 Å². The van der Waals surface area contributed by atoms with E-state index in [4.69, 9.17) is 4.99 Å². The van der Waals surface area contributed by atoms with Crippen LogP contribution in [0.2, 0.25) is 0 Å². The Morgan fingerprint density at radius 1 is 1.21 bits per heavy atom. The van der Waals surface area contributed by atoms with Gasteiger partial charge in [-0.3, -0.25) is 4.99 Å². The zero-order chi connectivity index (χ0) is 17.4. The molecule has 0 bridgehead atoms. The van der Waals surface area contributed by atoms with Crippen molar-refractivity contribution in [2.75, 3.05) is 5.32 Å². The van der Waals surface area contributed by atoms with Gasteiger partial charge < -0.3 is 5.32 Å². The number of allylic oxidation sites excluding steroid dienone is 2. The van der Waals surface area contributed by atoms with E-state index >= 15 is 0 Å². The van der Waals surface area contributed by atoms with Crippen LogP contribution in [-0.2, 0) is 0 Å². The molecule has 1 heterocycles. The molecule has 1 N–H and O–H groups in total. The monoisotopic (exact) mass is 320 g/mol. The number of anilines is 1. The highest BCUT2D eigenvalue weighted by molar-refractivity contribution is 5.99. The van der Waals surface area contributed by atoms with Gasteiger partial charge in [0.2, 0.25) is 0 Å². The van der Waals surface area contributed by atoms with Crippen LogP contribution in [-0.4, -0.2) is 15.9 Å². The molecular weight excluding hydrogens is 296 g/mol. The van der Waals surface area contributed by atoms with E-state index in [1.54, 1.807) is 12.4 Å². The van der Waals surface area contributed by atoms with E-state index in [0.717, 1.165) is 34.8 Å². The molecule has 0 amide bonds. The summed E-state index contributed by atoms with van der Waals surface area (Å²) in [6.45, 7) is 8.20. The molecule has 4 nitrogen and oxygen atoms in total. The zero-order valence-electron chi connectivity index (χ0n) is 14.7. The summed E-state index contributed by atoms with van der Waals surface area (Å²) in [7, 11) is 0. The molecule has 4 heteroatoms. The Morgan fingerprint density at radius 3 is 2.62 bits per heavy atom. The summed E-state index contributed by atoms with van der Waals surface area (Å²) in [5, 5.41) is 11.2. The second-order valence-corrected chi connectivity index (χ2v) is 5.47. The number of nitrogens with zero attached hydrogens (tertiary/aromatic N) is 3. The zero-order valence-corrected chi connectivity index (χ0v) is 14.7. The minimum Gasteiger partial charge on any atom is -0.354 e. The number of rotatable bonds is 6. The van der Waals surface area contributed by atoms with Crippen molar-refractivity contribution >= 4 is 11.4 Å². The highest BCUT2D eigenvalue weighted by atomic mass is 15.1. The van der Waals surface area contributed by atoms with Gasteiger partial charge in [-0.25, -0.2) is 0 Å². The van der Waals surface area contributed by atoms with Gasteiger partial charge in [0, 0.05) is 17.0 Å². The Hall–Kier alpha value is -2.75. The number of hydrogen-bond acceptors (Lipinski definition) is 4. The van der Waals surface area contributed by atoms with Gasteiger partial charge in [0.15, 0.2) is 0 Å². The Kier molecular flexibility index (Phi) is 6.43. The average molecular weight is 320 g/mol. The molecule has 0 spiro atoms. The van der Waals surface area contributed by atoms with Gasteiger partial charge in [-0.2, -0.15) is 10.2 Å². The quantitative estimate of drug-likeness (QED) is 0.608. The number of hydrogen-bond donors (Lipinski definition) is 1. The first kappa shape index (κ1) is 17.6. The summed E-state index contributed by atoms with van der Waals surface area (Å²) >= 11 is 0. The van der Waals surface area contributed by atoms with Crippen LogP contribution < -0.4 is 5.32 Å². The third-order valence-corrected chi connectivity index (χ3v) is 3.66. The van der Waals surface area contributed by atoms with E-state index in [0.29, 0.717) is 0 Å². The molecule has 2 rings (SSSR count). The molecule has 2 aromatic rings. The number of aryl methyl sites for hydroxylation is 1. The van der Waals surface area contributed by atoms with Gasteiger partial charge in [0.1, 0.15) is 0 Å². The maximum absolute atomic E-state index is 4.79. The van der Waals surface area contributed by atoms with Crippen LogP contribution in [0.3, 0.4) is 0 Å². The van der Waals surface area contributed by atoms with Crippen LogP contribution in [0.15, 0.2) is 71.3 Å². The van der Waals surface area contributed by atoms with Gasteiger partial charge in [0.05, 0.1) is 23.8 Å². The third-order valence-electron chi connectivity index (χ3n) is 3.66. The van der Waals surface area contributed by atoms with Crippen LogP contribution in [0.25, 0.3) is 0 Å². The van der Waals surface area contributed by atoms with Crippen LogP contribution in [0.4, 0.5) is 5.69 Å². The molecular formula is C20H24N4. The summed E-state index contributed by atoms with van der Waals surface area (Å²) < 4.78 is 0. The average Bonchev–Trinajstić information content (AvgIpc) is 2.61. The SMILES string of the molecule is C/C=C(\N=C(/C)c1ccnnc1)C(=C/CC)/Nc1ccccc1C. The van der Waals surface area contributed by atoms with Crippen LogP contribution in [0, 0.1) is 6.92 Å². The van der Waals surface area contributed by atoms with E-state index in [-0.39, 0.29) is 0 Å². The molecule has 124 valence electrons. The molecule has 0 radical (unpaired) electrons. The van der Waals surface area contributed by atoms with E-state index in [9.17, 15) is 0 Å². The Labute approximate surface area is 144 Å². The normalized spacial score (nSPS) is 13.1. The molecule has 1 aromatic heterocycles. The molecule has 0 saturated carbocycles. The summed E-state index contributed by atoms with van der Waals surface area (Å²) in [6.07, 6.45) is 8.51. The summed E-state index contributed by atoms with van der Waals surface area (Å²) in [4.78, 5) is 4.79. The lowest BCUT2D eigenvalue weighted by Crippen LogP contribution is -2.05. The second kappa shape index (κ2) is 8.77. The molecule has 0 atom stereocenters. The predicted molar refractivity (Wildman–Crippen MR) is 101 cm³/mol. The molecule has 24 heavy (non-hydrogen) atoms. The van der Waals surface area contributed by atoms with Crippen molar-refractivity contribution in [2.45, 2.75) is 34.1 Å². The molecule has 0 saturated heterocycles. The number of aromatic nitrogens is 2. The van der Waals surface area contributed by atoms with Gasteiger partial charge >= 0.3 is 0 Å². The van der Waals surface area contributed by atoms with Crippen molar-refractivity contribution in [2.24, 2.45) is 4.99 Å². The molecule has 1 aromatic carbocycles. The van der Waals surface area contributed by atoms with Crippen LogP contribution in [0.5, 0.6) is 0 Å². The lowest BCUT2D eigenvalue weighted by Gasteiger charge is -2.14. The molecule has 0 unspecified atom stereocenters. The van der Waals surface area contributed by atoms with Crippen molar-refractivity contribution in [1.29, 1.82) is 0 Å².